The second kappa shape index (κ2) is 12.6. The number of ether oxygens (including phenoxy) is 1. The van der Waals surface area contributed by atoms with E-state index in [1.165, 1.54) is 30.5 Å². The van der Waals surface area contributed by atoms with Crippen LogP contribution in [0.4, 0.5) is 0 Å². The highest BCUT2D eigenvalue weighted by atomic mass is 32.2. The zero-order valence-electron chi connectivity index (χ0n) is 20.6. The first-order chi connectivity index (χ1) is 17.2. The summed E-state index contributed by atoms with van der Waals surface area (Å²) in [4.78, 5) is 18.7. The highest BCUT2D eigenvalue weighted by molar-refractivity contribution is 7.91. The van der Waals surface area contributed by atoms with Crippen molar-refractivity contribution in [3.05, 3.63) is 90.0 Å². The molecule has 0 saturated heterocycles. The molecule has 0 spiro atoms. The predicted octanol–water partition coefficient (Wildman–Crippen LogP) is 3.90. The van der Waals surface area contributed by atoms with Crippen LogP contribution >= 0.6 is 0 Å². The third kappa shape index (κ3) is 7.38. The number of carbonyl (C=O) groups excluding carboxylic acids is 1. The number of sulfone groups is 1. The van der Waals surface area contributed by atoms with Crippen molar-refractivity contribution in [3.63, 3.8) is 0 Å². The normalized spacial score (nSPS) is 12.5. The van der Waals surface area contributed by atoms with Gasteiger partial charge in [0.15, 0.2) is 0 Å². The van der Waals surface area contributed by atoms with E-state index in [2.05, 4.69) is 5.43 Å². The van der Waals surface area contributed by atoms with Crippen LogP contribution in [0, 0.1) is 5.92 Å². The first kappa shape index (κ1) is 27.3. The standard InChI is InChI=1S/C27H32N2O6S/c1-20(2)25(30)17-27(31)28-29(35-19-21-9-5-4-6-10-21)18-22-11-7-8-12-26(22)36(32,33)24-15-13-23(34-3)14-16-24/h4-16,20,25,30H,17-19H2,1-3H3,(H,28,31). The van der Waals surface area contributed by atoms with Crippen LogP contribution in [0.1, 0.15) is 31.4 Å². The van der Waals surface area contributed by atoms with Gasteiger partial charge in [0.05, 0.1) is 42.6 Å². The summed E-state index contributed by atoms with van der Waals surface area (Å²) in [7, 11) is -2.35. The number of aliphatic hydroxyl groups excluding tert-OH is 1. The van der Waals surface area contributed by atoms with Crippen LogP contribution in [-0.4, -0.2) is 37.8 Å². The van der Waals surface area contributed by atoms with Crippen LogP contribution in [0.3, 0.4) is 0 Å². The quantitative estimate of drug-likeness (QED) is 0.355. The topological polar surface area (TPSA) is 105 Å². The first-order valence-corrected chi connectivity index (χ1v) is 13.1. The number of hydrogen-bond acceptors (Lipinski definition) is 7. The van der Waals surface area contributed by atoms with Gasteiger partial charge in [-0.05, 0) is 47.4 Å². The van der Waals surface area contributed by atoms with E-state index in [1.807, 2.05) is 44.2 Å². The Hall–Kier alpha value is -3.24. The van der Waals surface area contributed by atoms with E-state index in [9.17, 15) is 18.3 Å². The number of hydrazine groups is 1. The Morgan fingerprint density at radius 1 is 0.972 bits per heavy atom. The molecule has 0 heterocycles. The molecule has 3 rings (SSSR count). The van der Waals surface area contributed by atoms with E-state index in [0.717, 1.165) is 5.56 Å². The van der Waals surface area contributed by atoms with Gasteiger partial charge in [-0.3, -0.25) is 15.1 Å². The Morgan fingerprint density at radius 3 is 2.25 bits per heavy atom. The SMILES string of the molecule is COc1ccc(S(=O)(=O)c2ccccc2CN(NC(=O)CC(O)C(C)C)OCc2ccccc2)cc1. The summed E-state index contributed by atoms with van der Waals surface area (Å²) in [5.41, 5.74) is 3.97. The molecule has 0 bridgehead atoms. The van der Waals surface area contributed by atoms with Gasteiger partial charge in [0.2, 0.25) is 15.7 Å². The summed E-state index contributed by atoms with van der Waals surface area (Å²) >= 11 is 0. The first-order valence-electron chi connectivity index (χ1n) is 11.6. The molecular formula is C27H32N2O6S. The number of nitrogens with zero attached hydrogens (tertiary/aromatic N) is 1. The molecule has 36 heavy (non-hydrogen) atoms. The molecule has 8 nitrogen and oxygen atoms in total. The summed E-state index contributed by atoms with van der Waals surface area (Å²) in [6.45, 7) is 3.76. The number of nitrogens with one attached hydrogen (secondary N) is 1. The third-order valence-corrected chi connectivity index (χ3v) is 7.46. The van der Waals surface area contributed by atoms with Gasteiger partial charge in [-0.25, -0.2) is 8.42 Å². The molecule has 1 atom stereocenters. The molecule has 2 N–H and O–H groups in total. The highest BCUT2D eigenvalue weighted by Gasteiger charge is 2.24. The minimum absolute atomic E-state index is 0.0398. The van der Waals surface area contributed by atoms with Crippen molar-refractivity contribution in [2.24, 2.45) is 5.92 Å². The summed E-state index contributed by atoms with van der Waals surface area (Å²) in [5.74, 6) is 0.0126. The Labute approximate surface area is 212 Å². The van der Waals surface area contributed by atoms with Crippen LogP contribution in [0.15, 0.2) is 88.7 Å². The monoisotopic (exact) mass is 512 g/mol. The fourth-order valence-electron chi connectivity index (χ4n) is 3.39. The number of aliphatic hydroxyl groups is 1. The van der Waals surface area contributed by atoms with Crippen LogP contribution in [0.25, 0.3) is 0 Å². The Balaban J connectivity index is 1.86. The van der Waals surface area contributed by atoms with Gasteiger partial charge in [0.1, 0.15) is 5.75 Å². The van der Waals surface area contributed by atoms with Gasteiger partial charge >= 0.3 is 0 Å². The number of benzene rings is 3. The zero-order chi connectivity index (χ0) is 26.1. The van der Waals surface area contributed by atoms with Gasteiger partial charge in [-0.1, -0.05) is 67.6 Å². The van der Waals surface area contributed by atoms with Crippen molar-refractivity contribution >= 4 is 15.7 Å². The molecule has 3 aromatic rings. The number of carbonyl (C=O) groups is 1. The van der Waals surface area contributed by atoms with Gasteiger partial charge in [0.25, 0.3) is 0 Å². The number of hydrogen-bond donors (Lipinski definition) is 2. The summed E-state index contributed by atoms with van der Waals surface area (Å²) < 4.78 is 32.0. The maximum Gasteiger partial charge on any atom is 0.238 e. The van der Waals surface area contributed by atoms with Gasteiger partial charge in [-0.15, -0.1) is 0 Å². The van der Waals surface area contributed by atoms with E-state index in [1.54, 1.807) is 30.3 Å². The fraction of sp³-hybridized carbons (Fsp3) is 0.296. The Kier molecular flexibility index (Phi) is 9.60. The molecular weight excluding hydrogens is 480 g/mol. The molecule has 1 amide bonds. The third-order valence-electron chi connectivity index (χ3n) is 5.59. The number of rotatable bonds is 12. The highest BCUT2D eigenvalue weighted by Crippen LogP contribution is 2.26. The van der Waals surface area contributed by atoms with E-state index >= 15 is 0 Å². The average molecular weight is 513 g/mol. The van der Waals surface area contributed by atoms with Crippen LogP contribution in [0.2, 0.25) is 0 Å². The van der Waals surface area contributed by atoms with Gasteiger partial charge < -0.3 is 9.84 Å². The average Bonchev–Trinajstić information content (AvgIpc) is 2.88. The van der Waals surface area contributed by atoms with E-state index in [0.29, 0.717) is 11.3 Å². The molecule has 0 aliphatic rings. The van der Waals surface area contributed by atoms with Crippen LogP contribution in [0.5, 0.6) is 5.75 Å². The summed E-state index contributed by atoms with van der Waals surface area (Å²) in [6, 6.07) is 22.1. The molecule has 3 aromatic carbocycles. The minimum atomic E-state index is -3.86. The smallest absolute Gasteiger partial charge is 0.238 e. The van der Waals surface area contributed by atoms with E-state index in [4.69, 9.17) is 9.57 Å². The second-order valence-corrected chi connectivity index (χ2v) is 10.6. The van der Waals surface area contributed by atoms with Crippen molar-refractivity contribution in [2.45, 2.75) is 49.3 Å². The molecule has 1 unspecified atom stereocenters. The Morgan fingerprint density at radius 2 is 1.61 bits per heavy atom. The molecule has 0 aromatic heterocycles. The maximum absolute atomic E-state index is 13.4. The van der Waals surface area contributed by atoms with Gasteiger partial charge in [-0.2, -0.15) is 0 Å². The lowest BCUT2D eigenvalue weighted by Crippen LogP contribution is -2.43. The van der Waals surface area contributed by atoms with Gasteiger partial charge in [0, 0.05) is 0 Å². The number of methoxy groups -OCH3 is 1. The predicted molar refractivity (Wildman–Crippen MR) is 135 cm³/mol. The molecule has 0 fully saturated rings. The zero-order valence-corrected chi connectivity index (χ0v) is 21.4. The fourth-order valence-corrected chi connectivity index (χ4v) is 4.87. The number of amides is 1. The molecule has 0 aliphatic heterocycles. The van der Waals surface area contributed by atoms with Crippen molar-refractivity contribution < 1.29 is 27.9 Å². The lowest BCUT2D eigenvalue weighted by molar-refractivity contribution is -0.214. The lowest BCUT2D eigenvalue weighted by Gasteiger charge is -2.24. The maximum atomic E-state index is 13.4. The van der Waals surface area contributed by atoms with Crippen LogP contribution in [-0.2, 0) is 32.6 Å². The summed E-state index contributed by atoms with van der Waals surface area (Å²) in [5, 5.41) is 11.3. The Bertz CT molecular complexity index is 1230. The number of hydroxylamine groups is 1. The van der Waals surface area contributed by atoms with E-state index in [-0.39, 0.29) is 35.3 Å². The van der Waals surface area contributed by atoms with Crippen molar-refractivity contribution in [3.8, 4) is 5.75 Å². The van der Waals surface area contributed by atoms with E-state index < -0.39 is 21.8 Å². The molecule has 9 heteroatoms. The lowest BCUT2D eigenvalue weighted by atomic mass is 10.0. The minimum Gasteiger partial charge on any atom is -0.497 e. The van der Waals surface area contributed by atoms with Crippen molar-refractivity contribution in [2.75, 3.05) is 7.11 Å². The van der Waals surface area contributed by atoms with Crippen molar-refractivity contribution in [1.29, 1.82) is 0 Å². The molecule has 0 radical (unpaired) electrons. The largest absolute Gasteiger partial charge is 0.497 e. The molecule has 0 aliphatic carbocycles. The van der Waals surface area contributed by atoms with Crippen molar-refractivity contribution in [1.82, 2.24) is 10.6 Å². The second-order valence-electron chi connectivity index (χ2n) is 8.63. The summed E-state index contributed by atoms with van der Waals surface area (Å²) in [6.07, 6.45) is -0.932. The molecule has 192 valence electrons. The van der Waals surface area contributed by atoms with Crippen LogP contribution < -0.4 is 10.2 Å². The molecule has 0 saturated carbocycles.